The minimum Gasteiger partial charge on any atom is -0.352 e. The first-order valence-corrected chi connectivity index (χ1v) is 9.58. The maximum atomic E-state index is 5.78. The lowest BCUT2D eigenvalue weighted by Gasteiger charge is -2.28. The molecule has 0 radical (unpaired) electrons. The van der Waals surface area contributed by atoms with Gasteiger partial charge in [0.15, 0.2) is 5.11 Å². The van der Waals surface area contributed by atoms with E-state index in [9.17, 15) is 0 Å². The number of pyridine rings is 1. The number of aryl methyl sites for hydroxylation is 2. The lowest BCUT2D eigenvalue weighted by molar-refractivity contribution is 0.564. The van der Waals surface area contributed by atoms with Crippen molar-refractivity contribution >= 4 is 23.0 Å². The number of rotatable bonds is 3. The second kappa shape index (κ2) is 6.82. The van der Waals surface area contributed by atoms with E-state index in [4.69, 9.17) is 12.2 Å². The number of hydrogen-bond donors (Lipinski definition) is 1. The van der Waals surface area contributed by atoms with Gasteiger partial charge in [0.1, 0.15) is 0 Å². The van der Waals surface area contributed by atoms with E-state index in [0.29, 0.717) is 0 Å². The molecule has 1 aliphatic heterocycles. The summed E-state index contributed by atoms with van der Waals surface area (Å²) < 4.78 is 2.24. The van der Waals surface area contributed by atoms with Gasteiger partial charge in [-0.3, -0.25) is 4.98 Å². The van der Waals surface area contributed by atoms with Gasteiger partial charge in [-0.1, -0.05) is 18.2 Å². The van der Waals surface area contributed by atoms with E-state index in [-0.39, 0.29) is 12.1 Å². The van der Waals surface area contributed by atoms with Gasteiger partial charge in [0.05, 0.1) is 17.8 Å². The van der Waals surface area contributed by atoms with Crippen LogP contribution in [0, 0.1) is 20.8 Å². The van der Waals surface area contributed by atoms with E-state index >= 15 is 0 Å². The van der Waals surface area contributed by atoms with Crippen molar-refractivity contribution in [1.29, 1.82) is 0 Å². The molecule has 1 saturated heterocycles. The zero-order valence-corrected chi connectivity index (χ0v) is 16.9. The van der Waals surface area contributed by atoms with Crippen LogP contribution in [0.1, 0.15) is 40.3 Å². The smallest absolute Gasteiger partial charge is 0.174 e. The lowest BCUT2D eigenvalue weighted by atomic mass is 9.96. The molecular weight excluding hydrogens is 352 g/mol. The minimum atomic E-state index is -0.000266. The third kappa shape index (κ3) is 3.02. The average Bonchev–Trinajstić information content (AvgIpc) is 3.14. The second-order valence-corrected chi connectivity index (χ2v) is 7.61. The van der Waals surface area contributed by atoms with E-state index in [1.54, 1.807) is 0 Å². The Bertz CT molecular complexity index is 993. The van der Waals surface area contributed by atoms with Crippen LogP contribution in [0.25, 0.3) is 0 Å². The van der Waals surface area contributed by atoms with E-state index in [2.05, 4.69) is 84.0 Å². The quantitative estimate of drug-likeness (QED) is 0.681. The van der Waals surface area contributed by atoms with Crippen molar-refractivity contribution < 1.29 is 0 Å². The Morgan fingerprint density at radius 2 is 1.85 bits per heavy atom. The highest BCUT2D eigenvalue weighted by Crippen LogP contribution is 2.43. The van der Waals surface area contributed by atoms with Gasteiger partial charge in [-0.05, 0) is 74.4 Å². The zero-order valence-electron chi connectivity index (χ0n) is 16.1. The van der Waals surface area contributed by atoms with Gasteiger partial charge in [-0.15, -0.1) is 0 Å². The van der Waals surface area contributed by atoms with Crippen LogP contribution in [0.15, 0.2) is 54.7 Å². The van der Waals surface area contributed by atoms with E-state index in [0.717, 1.165) is 16.5 Å². The molecule has 2 atom stereocenters. The Morgan fingerprint density at radius 1 is 1.04 bits per heavy atom. The van der Waals surface area contributed by atoms with Crippen molar-refractivity contribution in [3.05, 3.63) is 82.9 Å². The first-order valence-electron chi connectivity index (χ1n) is 9.17. The molecule has 0 unspecified atom stereocenters. The summed E-state index contributed by atoms with van der Waals surface area (Å²) in [7, 11) is 2.11. The largest absolute Gasteiger partial charge is 0.352 e. The molecule has 1 fully saturated rings. The minimum absolute atomic E-state index is 0.000266. The molecular formula is C22H24N4S. The monoisotopic (exact) mass is 376 g/mol. The molecule has 0 amide bonds. The molecule has 0 aliphatic carbocycles. The van der Waals surface area contributed by atoms with Crippen LogP contribution < -0.4 is 10.2 Å². The summed E-state index contributed by atoms with van der Waals surface area (Å²) in [5, 5.41) is 4.27. The molecule has 27 heavy (non-hydrogen) atoms. The molecule has 4 rings (SSSR count). The van der Waals surface area contributed by atoms with Crippen molar-refractivity contribution in [3.8, 4) is 0 Å². The van der Waals surface area contributed by atoms with Crippen LogP contribution >= 0.6 is 12.2 Å². The summed E-state index contributed by atoms with van der Waals surface area (Å²) in [4.78, 5) is 6.86. The van der Waals surface area contributed by atoms with E-state index < -0.39 is 0 Å². The summed E-state index contributed by atoms with van der Waals surface area (Å²) in [5.41, 5.74) is 7.10. The van der Waals surface area contributed by atoms with Crippen molar-refractivity contribution in [3.63, 3.8) is 0 Å². The Labute approximate surface area is 165 Å². The molecule has 1 aromatic carbocycles. The molecule has 0 spiro atoms. The van der Waals surface area contributed by atoms with Crippen LogP contribution in [-0.4, -0.2) is 14.7 Å². The maximum Gasteiger partial charge on any atom is 0.174 e. The summed E-state index contributed by atoms with van der Waals surface area (Å²) in [6, 6.07) is 16.9. The van der Waals surface area contributed by atoms with Gasteiger partial charge in [-0.25, -0.2) is 0 Å². The molecule has 1 aliphatic rings. The van der Waals surface area contributed by atoms with Crippen LogP contribution in [0.2, 0.25) is 0 Å². The zero-order chi connectivity index (χ0) is 19.1. The molecule has 3 aromatic rings. The fourth-order valence-electron chi connectivity index (χ4n) is 3.91. The number of thiocarbonyl (C=S) groups is 1. The predicted octanol–water partition coefficient (Wildman–Crippen LogP) is 4.52. The van der Waals surface area contributed by atoms with Gasteiger partial charge in [0.25, 0.3) is 0 Å². The van der Waals surface area contributed by atoms with E-state index in [1.165, 1.54) is 22.5 Å². The van der Waals surface area contributed by atoms with Crippen molar-refractivity contribution in [2.24, 2.45) is 7.05 Å². The topological polar surface area (TPSA) is 33.1 Å². The number of hydrogen-bond acceptors (Lipinski definition) is 2. The summed E-state index contributed by atoms with van der Waals surface area (Å²) in [5.74, 6) is 0. The highest BCUT2D eigenvalue weighted by atomic mass is 32.1. The van der Waals surface area contributed by atoms with Crippen LogP contribution in [0.5, 0.6) is 0 Å². The Hall–Kier alpha value is -2.66. The van der Waals surface area contributed by atoms with Gasteiger partial charge in [0, 0.05) is 30.3 Å². The highest BCUT2D eigenvalue weighted by molar-refractivity contribution is 7.80. The Kier molecular flexibility index (Phi) is 4.48. The second-order valence-electron chi connectivity index (χ2n) is 7.22. The fourth-order valence-corrected chi connectivity index (χ4v) is 4.26. The van der Waals surface area contributed by atoms with Gasteiger partial charge >= 0.3 is 0 Å². The molecule has 0 saturated carbocycles. The standard InChI is InChI=1S/C22H24N4S/c1-14-8-7-9-17(12-14)26-21(18-13-15(2)25(4)16(18)3)20(24-22(26)27)19-10-5-6-11-23-19/h5-13,20-21H,1-4H3,(H,24,27)/t20-,21+/m0/s1. The Balaban J connectivity index is 1.89. The molecule has 0 bridgehead atoms. The average molecular weight is 377 g/mol. The van der Waals surface area contributed by atoms with E-state index in [1.807, 2.05) is 18.3 Å². The van der Waals surface area contributed by atoms with Crippen LogP contribution in [0.3, 0.4) is 0 Å². The van der Waals surface area contributed by atoms with Gasteiger partial charge in [-0.2, -0.15) is 0 Å². The number of nitrogens with one attached hydrogen (secondary N) is 1. The molecule has 138 valence electrons. The number of aromatic nitrogens is 2. The molecule has 2 aromatic heterocycles. The third-order valence-electron chi connectivity index (χ3n) is 5.51. The summed E-state index contributed by atoms with van der Waals surface area (Å²) in [6.45, 7) is 6.43. The van der Waals surface area contributed by atoms with Crippen molar-refractivity contribution in [2.75, 3.05) is 4.90 Å². The molecule has 5 heteroatoms. The van der Waals surface area contributed by atoms with Crippen molar-refractivity contribution in [2.45, 2.75) is 32.9 Å². The fraction of sp³-hybridized carbons (Fsp3) is 0.273. The lowest BCUT2D eigenvalue weighted by Crippen LogP contribution is -2.29. The normalized spacial score (nSPS) is 19.4. The van der Waals surface area contributed by atoms with Crippen LogP contribution in [0.4, 0.5) is 5.69 Å². The SMILES string of the molecule is Cc1cccc(N2C(=S)N[C@@H](c3ccccn3)[C@H]2c2cc(C)n(C)c2C)c1. The predicted molar refractivity (Wildman–Crippen MR) is 114 cm³/mol. The Morgan fingerprint density at radius 3 is 2.48 bits per heavy atom. The van der Waals surface area contributed by atoms with Crippen LogP contribution in [-0.2, 0) is 7.05 Å². The molecule has 1 N–H and O–H groups in total. The number of nitrogens with zero attached hydrogens (tertiary/aromatic N) is 3. The van der Waals surface area contributed by atoms with Gasteiger partial charge in [0.2, 0.25) is 0 Å². The summed E-state index contributed by atoms with van der Waals surface area (Å²) >= 11 is 5.78. The first-order chi connectivity index (χ1) is 13.0. The van der Waals surface area contributed by atoms with Gasteiger partial charge < -0.3 is 14.8 Å². The third-order valence-corrected chi connectivity index (χ3v) is 5.83. The molecule has 3 heterocycles. The maximum absolute atomic E-state index is 5.78. The van der Waals surface area contributed by atoms with Crippen molar-refractivity contribution in [1.82, 2.24) is 14.9 Å². The number of anilines is 1. The molecule has 4 nitrogen and oxygen atoms in total. The number of benzene rings is 1. The highest BCUT2D eigenvalue weighted by Gasteiger charge is 2.42. The summed E-state index contributed by atoms with van der Waals surface area (Å²) in [6.07, 6.45) is 1.84. The first kappa shape index (κ1) is 17.7.